The quantitative estimate of drug-likeness (QED) is 0.839. The van der Waals surface area contributed by atoms with E-state index in [9.17, 15) is 0 Å². The summed E-state index contributed by atoms with van der Waals surface area (Å²) in [6, 6.07) is 0.305. The molecule has 0 spiro atoms. The maximum atomic E-state index is 5.56. The van der Waals surface area contributed by atoms with E-state index in [1.54, 1.807) is 6.33 Å². The summed E-state index contributed by atoms with van der Waals surface area (Å²) in [7, 11) is 0. The van der Waals surface area contributed by atoms with Crippen molar-refractivity contribution < 1.29 is 4.74 Å². The average molecular weight is 236 g/mol. The van der Waals surface area contributed by atoms with Crippen LogP contribution in [0.15, 0.2) is 12.5 Å². The molecule has 1 aliphatic rings. The molecule has 1 N–H and O–H groups in total. The van der Waals surface area contributed by atoms with E-state index in [1.165, 1.54) is 0 Å². The lowest BCUT2D eigenvalue weighted by Crippen LogP contribution is -2.44. The highest BCUT2D eigenvalue weighted by Crippen LogP contribution is 2.26. The van der Waals surface area contributed by atoms with Gasteiger partial charge in [0.15, 0.2) is 0 Å². The molecule has 1 aliphatic heterocycles. The van der Waals surface area contributed by atoms with Crippen molar-refractivity contribution in [2.24, 2.45) is 0 Å². The third-order valence-electron chi connectivity index (χ3n) is 3.13. The Morgan fingerprint density at radius 1 is 1.47 bits per heavy atom. The van der Waals surface area contributed by atoms with Gasteiger partial charge in [0.05, 0.1) is 6.61 Å². The molecule has 5 nitrogen and oxygen atoms in total. The molecule has 2 heterocycles. The van der Waals surface area contributed by atoms with Crippen LogP contribution in [-0.2, 0) is 0 Å². The van der Waals surface area contributed by atoms with Crippen LogP contribution in [0.1, 0.15) is 25.5 Å². The molecule has 5 heteroatoms. The van der Waals surface area contributed by atoms with Crippen LogP contribution in [0.25, 0.3) is 0 Å². The van der Waals surface area contributed by atoms with Crippen LogP contribution in [0, 0.1) is 0 Å². The molecule has 1 atom stereocenters. The number of aromatic nitrogens is 2. The average Bonchev–Trinajstić information content (AvgIpc) is 2.40. The summed E-state index contributed by atoms with van der Waals surface area (Å²) in [6.45, 7) is 9.00. The van der Waals surface area contributed by atoms with Gasteiger partial charge in [-0.1, -0.05) is 0 Å². The standard InChI is InChI=1S/C12H20N4O/c1-3-17-12-11(8-14-9-15-12)10(2)16-6-4-13-5-7-16/h8-10,13H,3-7H2,1-2H3. The van der Waals surface area contributed by atoms with Crippen molar-refractivity contribution in [1.29, 1.82) is 0 Å². The first-order valence-corrected chi connectivity index (χ1v) is 6.20. The molecule has 0 aromatic carbocycles. The summed E-state index contributed by atoms with van der Waals surface area (Å²) in [4.78, 5) is 10.7. The molecule has 0 bridgehead atoms. The molecule has 0 aliphatic carbocycles. The second-order valence-electron chi connectivity index (χ2n) is 4.18. The molecule has 17 heavy (non-hydrogen) atoms. The Bertz CT molecular complexity index is 352. The number of nitrogens with zero attached hydrogens (tertiary/aromatic N) is 3. The third-order valence-corrected chi connectivity index (χ3v) is 3.13. The molecule has 94 valence electrons. The fourth-order valence-electron chi connectivity index (χ4n) is 2.14. The molecule has 1 saturated heterocycles. The van der Waals surface area contributed by atoms with Gasteiger partial charge in [-0.05, 0) is 13.8 Å². The number of rotatable bonds is 4. The van der Waals surface area contributed by atoms with Crippen LogP contribution in [0.4, 0.5) is 0 Å². The van der Waals surface area contributed by atoms with Crippen LogP contribution in [0.5, 0.6) is 5.88 Å². The Morgan fingerprint density at radius 2 is 2.24 bits per heavy atom. The molecule has 1 fully saturated rings. The van der Waals surface area contributed by atoms with E-state index in [4.69, 9.17) is 4.74 Å². The largest absolute Gasteiger partial charge is 0.478 e. The molecular formula is C12H20N4O. The normalized spacial score (nSPS) is 18.9. The topological polar surface area (TPSA) is 50.3 Å². The lowest BCUT2D eigenvalue weighted by Gasteiger charge is -2.33. The summed E-state index contributed by atoms with van der Waals surface area (Å²) >= 11 is 0. The zero-order valence-electron chi connectivity index (χ0n) is 10.5. The van der Waals surface area contributed by atoms with Crippen molar-refractivity contribution in [2.75, 3.05) is 32.8 Å². The smallest absolute Gasteiger partial charge is 0.221 e. The lowest BCUT2D eigenvalue weighted by molar-refractivity contribution is 0.180. The highest BCUT2D eigenvalue weighted by Gasteiger charge is 2.21. The summed E-state index contributed by atoms with van der Waals surface area (Å²) in [5.41, 5.74) is 1.08. The van der Waals surface area contributed by atoms with E-state index in [0.717, 1.165) is 31.7 Å². The second kappa shape index (κ2) is 5.93. The Balaban J connectivity index is 2.14. The zero-order chi connectivity index (χ0) is 12.1. The second-order valence-corrected chi connectivity index (χ2v) is 4.18. The first kappa shape index (κ1) is 12.3. The number of ether oxygens (including phenoxy) is 1. The van der Waals surface area contributed by atoms with Crippen molar-refractivity contribution in [3.05, 3.63) is 18.1 Å². The van der Waals surface area contributed by atoms with Gasteiger partial charge in [-0.25, -0.2) is 9.97 Å². The predicted octanol–water partition coefficient (Wildman–Crippen LogP) is 0.841. The van der Waals surface area contributed by atoms with Gasteiger partial charge in [0.1, 0.15) is 6.33 Å². The molecule has 0 radical (unpaired) electrons. The predicted molar refractivity (Wildman–Crippen MR) is 66.1 cm³/mol. The maximum absolute atomic E-state index is 5.56. The van der Waals surface area contributed by atoms with Gasteiger partial charge in [-0.15, -0.1) is 0 Å². The van der Waals surface area contributed by atoms with E-state index in [2.05, 4.69) is 27.1 Å². The highest BCUT2D eigenvalue weighted by atomic mass is 16.5. The molecular weight excluding hydrogens is 216 g/mol. The van der Waals surface area contributed by atoms with Gasteiger partial charge < -0.3 is 10.1 Å². The van der Waals surface area contributed by atoms with Gasteiger partial charge in [-0.2, -0.15) is 0 Å². The van der Waals surface area contributed by atoms with Crippen molar-refractivity contribution in [1.82, 2.24) is 20.2 Å². The van der Waals surface area contributed by atoms with Crippen LogP contribution in [0.3, 0.4) is 0 Å². The lowest BCUT2D eigenvalue weighted by atomic mass is 10.1. The van der Waals surface area contributed by atoms with E-state index in [-0.39, 0.29) is 0 Å². The first-order valence-electron chi connectivity index (χ1n) is 6.20. The highest BCUT2D eigenvalue weighted by molar-refractivity contribution is 5.25. The third kappa shape index (κ3) is 2.92. The number of piperazine rings is 1. The fraction of sp³-hybridized carbons (Fsp3) is 0.667. The molecule has 2 rings (SSSR count). The monoisotopic (exact) mass is 236 g/mol. The summed E-state index contributed by atoms with van der Waals surface area (Å²) in [6.07, 6.45) is 3.41. The Kier molecular flexibility index (Phi) is 4.28. The van der Waals surface area contributed by atoms with E-state index in [1.807, 2.05) is 13.1 Å². The van der Waals surface area contributed by atoms with E-state index < -0.39 is 0 Å². The minimum atomic E-state index is 0.305. The van der Waals surface area contributed by atoms with Crippen molar-refractivity contribution in [2.45, 2.75) is 19.9 Å². The molecule has 1 aromatic heterocycles. The number of nitrogens with one attached hydrogen (secondary N) is 1. The van der Waals surface area contributed by atoms with Gasteiger partial charge >= 0.3 is 0 Å². The summed E-state index contributed by atoms with van der Waals surface area (Å²) in [5, 5.41) is 3.36. The molecule has 0 saturated carbocycles. The van der Waals surface area contributed by atoms with Crippen molar-refractivity contribution in [3.63, 3.8) is 0 Å². The van der Waals surface area contributed by atoms with Crippen LogP contribution in [0.2, 0.25) is 0 Å². The Hall–Kier alpha value is -1.20. The zero-order valence-corrected chi connectivity index (χ0v) is 10.5. The minimum Gasteiger partial charge on any atom is -0.478 e. The fourth-order valence-corrected chi connectivity index (χ4v) is 2.14. The number of hydrogen-bond donors (Lipinski definition) is 1. The van der Waals surface area contributed by atoms with Gasteiger partial charge in [0.2, 0.25) is 5.88 Å². The van der Waals surface area contributed by atoms with Crippen LogP contribution < -0.4 is 10.1 Å². The van der Waals surface area contributed by atoms with Gasteiger partial charge in [-0.3, -0.25) is 4.90 Å². The Morgan fingerprint density at radius 3 is 2.94 bits per heavy atom. The summed E-state index contributed by atoms with van der Waals surface area (Å²) < 4.78 is 5.56. The molecule has 1 unspecified atom stereocenters. The minimum absolute atomic E-state index is 0.305. The SMILES string of the molecule is CCOc1ncncc1C(C)N1CCNCC1. The van der Waals surface area contributed by atoms with E-state index in [0.29, 0.717) is 18.5 Å². The summed E-state index contributed by atoms with van der Waals surface area (Å²) in [5.74, 6) is 0.716. The van der Waals surface area contributed by atoms with Crippen LogP contribution >= 0.6 is 0 Å². The maximum Gasteiger partial charge on any atom is 0.221 e. The van der Waals surface area contributed by atoms with Gasteiger partial charge in [0.25, 0.3) is 0 Å². The molecule has 1 aromatic rings. The van der Waals surface area contributed by atoms with Crippen molar-refractivity contribution >= 4 is 0 Å². The van der Waals surface area contributed by atoms with E-state index >= 15 is 0 Å². The number of hydrogen-bond acceptors (Lipinski definition) is 5. The Labute approximate surface area is 102 Å². The van der Waals surface area contributed by atoms with Crippen molar-refractivity contribution in [3.8, 4) is 5.88 Å². The van der Waals surface area contributed by atoms with Crippen LogP contribution in [-0.4, -0.2) is 47.7 Å². The molecule has 0 amide bonds. The van der Waals surface area contributed by atoms with Gasteiger partial charge in [0, 0.05) is 44.0 Å². The first-order chi connectivity index (χ1) is 8.33.